The molecule has 2 N–H and O–H groups in total. The van der Waals surface area contributed by atoms with Crippen LogP contribution in [0, 0.1) is 12.3 Å². The summed E-state index contributed by atoms with van der Waals surface area (Å²) in [5.41, 5.74) is 3.16. The van der Waals surface area contributed by atoms with Crippen LogP contribution in [0.3, 0.4) is 0 Å². The van der Waals surface area contributed by atoms with Crippen molar-refractivity contribution in [2.75, 3.05) is 20.3 Å². The van der Waals surface area contributed by atoms with Gasteiger partial charge in [-0.1, -0.05) is 13.8 Å². The molecule has 1 aliphatic rings. The van der Waals surface area contributed by atoms with Crippen LogP contribution in [-0.2, 0) is 22.5 Å². The topological polar surface area (TPSA) is 63.5 Å². The number of carbonyl (C=O) groups is 1. The van der Waals surface area contributed by atoms with Crippen LogP contribution in [0.15, 0.2) is 6.07 Å². The van der Waals surface area contributed by atoms with Gasteiger partial charge in [0.1, 0.15) is 6.54 Å². The van der Waals surface area contributed by atoms with Crippen LogP contribution in [0.1, 0.15) is 43.3 Å². The smallest absolute Gasteiger partial charge is 0.240 e. The number of nitrogens with one attached hydrogen (secondary N) is 1. The first-order valence-electron chi connectivity index (χ1n) is 7.46. The van der Waals surface area contributed by atoms with E-state index in [-0.39, 0.29) is 11.3 Å². The van der Waals surface area contributed by atoms with Gasteiger partial charge in [-0.3, -0.25) is 4.79 Å². The van der Waals surface area contributed by atoms with Crippen molar-refractivity contribution in [2.45, 2.75) is 46.3 Å². The highest BCUT2D eigenvalue weighted by atomic mass is 16.5. The number of aliphatic hydroxyl groups excluding tert-OH is 1. The molecule has 1 aliphatic carbocycles. The standard InChI is InChI=1S/C16H26N2O3/c1-11-7-12-13(8-16(2,3)9-14(12)19)18(11)10-15(20)17-5-6-21-4/h7,14,19H,5-6,8-10H2,1-4H3,(H,17,20). The quantitative estimate of drug-likeness (QED) is 0.810. The average molecular weight is 294 g/mol. The molecule has 0 aromatic carbocycles. The van der Waals surface area contributed by atoms with E-state index >= 15 is 0 Å². The van der Waals surface area contributed by atoms with Crippen molar-refractivity contribution in [1.29, 1.82) is 0 Å². The van der Waals surface area contributed by atoms with Gasteiger partial charge in [-0.25, -0.2) is 0 Å². The third kappa shape index (κ3) is 3.66. The zero-order valence-corrected chi connectivity index (χ0v) is 13.4. The molecule has 1 aromatic heterocycles. The maximum Gasteiger partial charge on any atom is 0.240 e. The Hall–Kier alpha value is -1.33. The molecule has 0 spiro atoms. The number of fused-ring (bicyclic) bond motifs is 1. The number of aliphatic hydroxyl groups is 1. The van der Waals surface area contributed by atoms with Crippen LogP contribution in [0.2, 0.25) is 0 Å². The van der Waals surface area contributed by atoms with Gasteiger partial charge in [-0.15, -0.1) is 0 Å². The lowest BCUT2D eigenvalue weighted by Gasteiger charge is -2.34. The Balaban J connectivity index is 2.16. The number of ether oxygens (including phenoxy) is 1. The molecule has 0 aliphatic heterocycles. The van der Waals surface area contributed by atoms with Crippen LogP contribution < -0.4 is 5.32 Å². The van der Waals surface area contributed by atoms with Gasteiger partial charge < -0.3 is 19.7 Å². The lowest BCUT2D eigenvalue weighted by Crippen LogP contribution is -2.32. The van der Waals surface area contributed by atoms with E-state index in [4.69, 9.17) is 4.74 Å². The molecule has 1 unspecified atom stereocenters. The molecule has 2 rings (SSSR count). The highest BCUT2D eigenvalue weighted by Gasteiger charge is 2.34. The third-order valence-electron chi connectivity index (χ3n) is 4.13. The average Bonchev–Trinajstić information content (AvgIpc) is 2.66. The third-order valence-corrected chi connectivity index (χ3v) is 4.13. The molecule has 0 saturated heterocycles. The number of hydrogen-bond acceptors (Lipinski definition) is 3. The monoisotopic (exact) mass is 294 g/mol. The second-order valence-electron chi connectivity index (χ2n) is 6.68. The maximum absolute atomic E-state index is 12.0. The van der Waals surface area contributed by atoms with Crippen molar-refractivity contribution in [1.82, 2.24) is 9.88 Å². The lowest BCUT2D eigenvalue weighted by molar-refractivity contribution is -0.121. The predicted octanol–water partition coefficient (Wildman–Crippen LogP) is 1.56. The lowest BCUT2D eigenvalue weighted by atomic mass is 9.75. The number of carbonyl (C=O) groups excluding carboxylic acids is 1. The van der Waals surface area contributed by atoms with Gasteiger partial charge >= 0.3 is 0 Å². The van der Waals surface area contributed by atoms with Gasteiger partial charge in [-0.2, -0.15) is 0 Å². The number of hydrogen-bond donors (Lipinski definition) is 2. The number of rotatable bonds is 5. The van der Waals surface area contributed by atoms with Gasteiger partial charge in [0.15, 0.2) is 0 Å². The van der Waals surface area contributed by atoms with Gasteiger partial charge in [0.25, 0.3) is 0 Å². The normalized spacial score (nSPS) is 20.1. The van der Waals surface area contributed by atoms with E-state index in [9.17, 15) is 9.90 Å². The first kappa shape index (κ1) is 16.0. The number of amides is 1. The summed E-state index contributed by atoms with van der Waals surface area (Å²) in [4.78, 5) is 12.0. The summed E-state index contributed by atoms with van der Waals surface area (Å²) in [5.74, 6) is -0.0218. The molecular weight excluding hydrogens is 268 g/mol. The number of methoxy groups -OCH3 is 1. The summed E-state index contributed by atoms with van der Waals surface area (Å²) in [7, 11) is 1.61. The van der Waals surface area contributed by atoms with E-state index < -0.39 is 6.10 Å². The second kappa shape index (κ2) is 6.20. The number of aromatic nitrogens is 1. The summed E-state index contributed by atoms with van der Waals surface area (Å²) >= 11 is 0. The second-order valence-corrected chi connectivity index (χ2v) is 6.68. The molecular formula is C16H26N2O3. The molecule has 0 radical (unpaired) electrons. The van der Waals surface area contributed by atoms with E-state index in [1.807, 2.05) is 17.6 Å². The SMILES string of the molecule is COCCNC(=O)Cn1c(C)cc2c1CC(C)(C)CC2O. The Bertz CT molecular complexity index is 520. The molecule has 1 heterocycles. The van der Waals surface area contributed by atoms with E-state index in [0.29, 0.717) is 19.7 Å². The van der Waals surface area contributed by atoms with E-state index in [1.54, 1.807) is 7.11 Å². The number of aryl methyl sites for hydroxylation is 1. The minimum absolute atomic E-state index is 0.0218. The molecule has 0 bridgehead atoms. The summed E-state index contributed by atoms with van der Waals surface area (Å²) < 4.78 is 6.96. The van der Waals surface area contributed by atoms with Crippen molar-refractivity contribution in [2.24, 2.45) is 5.41 Å². The van der Waals surface area contributed by atoms with Crippen molar-refractivity contribution in [3.63, 3.8) is 0 Å². The molecule has 118 valence electrons. The first-order chi connectivity index (χ1) is 9.84. The van der Waals surface area contributed by atoms with Crippen molar-refractivity contribution < 1.29 is 14.6 Å². The first-order valence-corrected chi connectivity index (χ1v) is 7.46. The Kier molecular flexibility index (Phi) is 4.74. The summed E-state index contributed by atoms with van der Waals surface area (Å²) in [6, 6.07) is 2.01. The molecule has 1 atom stereocenters. The molecule has 0 saturated carbocycles. The zero-order valence-electron chi connectivity index (χ0n) is 13.4. The van der Waals surface area contributed by atoms with Gasteiger partial charge in [0, 0.05) is 30.6 Å². The Labute approximate surface area is 126 Å². The van der Waals surface area contributed by atoms with E-state index in [0.717, 1.165) is 29.8 Å². The number of nitrogens with zero attached hydrogens (tertiary/aromatic N) is 1. The molecule has 5 nitrogen and oxygen atoms in total. The van der Waals surface area contributed by atoms with Crippen LogP contribution in [0.25, 0.3) is 0 Å². The molecule has 21 heavy (non-hydrogen) atoms. The van der Waals surface area contributed by atoms with Crippen LogP contribution in [0.5, 0.6) is 0 Å². The Morgan fingerprint density at radius 1 is 1.57 bits per heavy atom. The van der Waals surface area contributed by atoms with Crippen LogP contribution >= 0.6 is 0 Å². The molecule has 1 amide bonds. The predicted molar refractivity (Wildman–Crippen MR) is 81.1 cm³/mol. The van der Waals surface area contributed by atoms with E-state index in [2.05, 4.69) is 19.2 Å². The van der Waals surface area contributed by atoms with Crippen molar-refractivity contribution in [3.05, 3.63) is 23.0 Å². The highest BCUT2D eigenvalue weighted by Crippen LogP contribution is 2.41. The zero-order chi connectivity index (χ0) is 15.6. The minimum atomic E-state index is -0.430. The summed E-state index contributed by atoms with van der Waals surface area (Å²) in [6.07, 6.45) is 1.22. The maximum atomic E-state index is 12.0. The Morgan fingerprint density at radius 2 is 2.29 bits per heavy atom. The fourth-order valence-electron chi connectivity index (χ4n) is 3.11. The molecule has 1 aromatic rings. The fraction of sp³-hybridized carbons (Fsp3) is 0.688. The minimum Gasteiger partial charge on any atom is -0.388 e. The van der Waals surface area contributed by atoms with Crippen molar-refractivity contribution in [3.8, 4) is 0 Å². The summed E-state index contributed by atoms with van der Waals surface area (Å²) in [6.45, 7) is 7.63. The van der Waals surface area contributed by atoms with Crippen molar-refractivity contribution >= 4 is 5.91 Å². The Morgan fingerprint density at radius 3 is 2.95 bits per heavy atom. The highest BCUT2D eigenvalue weighted by molar-refractivity contribution is 5.76. The van der Waals surface area contributed by atoms with Gasteiger partial charge in [-0.05, 0) is 31.2 Å². The fourth-order valence-corrected chi connectivity index (χ4v) is 3.11. The van der Waals surface area contributed by atoms with E-state index in [1.165, 1.54) is 0 Å². The molecule has 5 heteroatoms. The van der Waals surface area contributed by atoms with Gasteiger partial charge in [0.05, 0.1) is 12.7 Å². The largest absolute Gasteiger partial charge is 0.388 e. The van der Waals surface area contributed by atoms with Crippen LogP contribution in [-0.4, -0.2) is 35.8 Å². The van der Waals surface area contributed by atoms with Crippen LogP contribution in [0.4, 0.5) is 0 Å². The van der Waals surface area contributed by atoms with Gasteiger partial charge in [0.2, 0.25) is 5.91 Å². The molecule has 0 fully saturated rings. The summed E-state index contributed by atoms with van der Waals surface area (Å²) in [5, 5.41) is 13.2.